The van der Waals surface area contributed by atoms with Crippen LogP contribution in [0.15, 0.2) is 24.4 Å². The van der Waals surface area contributed by atoms with Gasteiger partial charge in [-0.1, -0.05) is 19.4 Å². The Morgan fingerprint density at radius 2 is 2.21 bits per heavy atom. The summed E-state index contributed by atoms with van der Waals surface area (Å²) in [6.07, 6.45) is 8.20. The molecule has 2 heteroatoms. The van der Waals surface area contributed by atoms with Crippen molar-refractivity contribution < 1.29 is 4.79 Å². The van der Waals surface area contributed by atoms with E-state index in [0.717, 1.165) is 32.1 Å². The molecule has 19 heavy (non-hydrogen) atoms. The first-order valence-corrected chi connectivity index (χ1v) is 7.39. The second-order valence-electron chi connectivity index (χ2n) is 5.66. The predicted molar refractivity (Wildman–Crippen MR) is 78.3 cm³/mol. The highest BCUT2D eigenvalue weighted by molar-refractivity contribution is 5.86. The highest BCUT2D eigenvalue weighted by Crippen LogP contribution is 2.28. The van der Waals surface area contributed by atoms with E-state index in [1.807, 2.05) is 0 Å². The first kappa shape index (κ1) is 12.5. The zero-order valence-electron chi connectivity index (χ0n) is 11.5. The Balaban J connectivity index is 1.89. The Kier molecular flexibility index (Phi) is 3.41. The van der Waals surface area contributed by atoms with Gasteiger partial charge in [0.25, 0.3) is 0 Å². The number of rotatable bonds is 3. The molecular weight excluding hydrogens is 234 g/mol. The Hall–Kier alpha value is -1.57. The molecule has 1 aromatic heterocycles. The van der Waals surface area contributed by atoms with Crippen molar-refractivity contribution in [3.05, 3.63) is 35.5 Å². The smallest absolute Gasteiger partial charge is 0.136 e. The molecule has 1 saturated carbocycles. The van der Waals surface area contributed by atoms with E-state index in [4.69, 9.17) is 0 Å². The van der Waals surface area contributed by atoms with Crippen LogP contribution in [-0.4, -0.2) is 10.8 Å². The number of aromatic nitrogens is 1. The first-order chi connectivity index (χ1) is 9.28. The largest absolute Gasteiger partial charge is 0.361 e. The molecule has 0 saturated heterocycles. The molecule has 1 unspecified atom stereocenters. The molecule has 0 spiro atoms. The van der Waals surface area contributed by atoms with Gasteiger partial charge in [0.15, 0.2) is 0 Å². The second-order valence-corrected chi connectivity index (χ2v) is 5.66. The molecule has 0 amide bonds. The number of H-pyrrole nitrogens is 1. The van der Waals surface area contributed by atoms with E-state index in [1.54, 1.807) is 0 Å². The maximum absolute atomic E-state index is 12.0. The second kappa shape index (κ2) is 5.20. The van der Waals surface area contributed by atoms with E-state index in [-0.39, 0.29) is 5.92 Å². The summed E-state index contributed by atoms with van der Waals surface area (Å²) in [5.41, 5.74) is 3.87. The van der Waals surface area contributed by atoms with E-state index in [1.165, 1.54) is 28.5 Å². The number of aryl methyl sites for hydroxylation is 1. The molecule has 1 N–H and O–H groups in total. The van der Waals surface area contributed by atoms with Crippen molar-refractivity contribution in [3.63, 3.8) is 0 Å². The molecule has 0 aliphatic heterocycles. The number of aromatic amines is 1. The molecule has 1 aliphatic carbocycles. The summed E-state index contributed by atoms with van der Waals surface area (Å²) in [6.45, 7) is 2.18. The zero-order chi connectivity index (χ0) is 13.2. The van der Waals surface area contributed by atoms with Crippen molar-refractivity contribution in [1.29, 1.82) is 0 Å². The molecule has 1 atom stereocenters. The van der Waals surface area contributed by atoms with Gasteiger partial charge in [-0.3, -0.25) is 4.79 Å². The Labute approximate surface area is 114 Å². The molecule has 2 nitrogen and oxygen atoms in total. The maximum Gasteiger partial charge on any atom is 0.136 e. The minimum atomic E-state index is 0.248. The minimum Gasteiger partial charge on any atom is -0.361 e. The van der Waals surface area contributed by atoms with Crippen LogP contribution >= 0.6 is 0 Å². The van der Waals surface area contributed by atoms with E-state index < -0.39 is 0 Å². The van der Waals surface area contributed by atoms with Crippen molar-refractivity contribution in [3.8, 4) is 0 Å². The van der Waals surface area contributed by atoms with E-state index >= 15 is 0 Å². The molecular formula is C17H21NO. The summed E-state index contributed by atoms with van der Waals surface area (Å²) in [4.78, 5) is 15.3. The number of nitrogens with one attached hydrogen (secondary N) is 1. The number of ketones is 1. The maximum atomic E-state index is 12.0. The normalized spacial score (nSPS) is 20.1. The van der Waals surface area contributed by atoms with Gasteiger partial charge >= 0.3 is 0 Å². The third kappa shape index (κ3) is 2.44. The number of fused-ring (bicyclic) bond motifs is 1. The number of Topliss-reactive ketones (excluding diaryl/α,β-unsaturated/α-hetero) is 1. The molecule has 1 heterocycles. The SMILES string of the molecule is CCc1ccc2[nH]cc(CC3CCCCC3=O)c2c1. The van der Waals surface area contributed by atoms with Crippen molar-refractivity contribution in [1.82, 2.24) is 4.98 Å². The van der Waals surface area contributed by atoms with Gasteiger partial charge in [0.2, 0.25) is 0 Å². The highest BCUT2D eigenvalue weighted by Gasteiger charge is 2.23. The number of carbonyl (C=O) groups excluding carboxylic acids is 1. The van der Waals surface area contributed by atoms with Crippen LogP contribution < -0.4 is 0 Å². The summed E-state index contributed by atoms with van der Waals surface area (Å²) in [5.74, 6) is 0.713. The molecule has 2 aromatic rings. The first-order valence-electron chi connectivity index (χ1n) is 7.39. The monoisotopic (exact) mass is 255 g/mol. The average Bonchev–Trinajstić information content (AvgIpc) is 2.84. The lowest BCUT2D eigenvalue weighted by Crippen LogP contribution is -2.20. The molecule has 0 bridgehead atoms. The lowest BCUT2D eigenvalue weighted by Gasteiger charge is -2.20. The van der Waals surface area contributed by atoms with Crippen LogP contribution in [0.25, 0.3) is 10.9 Å². The number of hydrogen-bond donors (Lipinski definition) is 1. The predicted octanol–water partition coefficient (Wildman–Crippen LogP) is 4.03. The van der Waals surface area contributed by atoms with Gasteiger partial charge < -0.3 is 4.98 Å². The fourth-order valence-electron chi connectivity index (χ4n) is 3.15. The lowest BCUT2D eigenvalue weighted by atomic mass is 9.83. The Bertz CT molecular complexity index is 596. The topological polar surface area (TPSA) is 32.9 Å². The zero-order valence-corrected chi connectivity index (χ0v) is 11.5. The van der Waals surface area contributed by atoms with Crippen LogP contribution in [0.1, 0.15) is 43.7 Å². The molecule has 1 aromatic carbocycles. The summed E-state index contributed by atoms with van der Waals surface area (Å²) in [6, 6.07) is 6.60. The summed E-state index contributed by atoms with van der Waals surface area (Å²) in [7, 11) is 0. The van der Waals surface area contributed by atoms with Crippen molar-refractivity contribution in [2.24, 2.45) is 5.92 Å². The third-order valence-corrected chi connectivity index (χ3v) is 4.39. The highest BCUT2D eigenvalue weighted by atomic mass is 16.1. The average molecular weight is 255 g/mol. The number of benzene rings is 1. The fourth-order valence-corrected chi connectivity index (χ4v) is 3.15. The fraction of sp³-hybridized carbons (Fsp3) is 0.471. The van der Waals surface area contributed by atoms with Crippen LogP contribution in [0.2, 0.25) is 0 Å². The summed E-state index contributed by atoms with van der Waals surface area (Å²) in [5, 5.41) is 1.30. The Morgan fingerprint density at radius 1 is 1.32 bits per heavy atom. The van der Waals surface area contributed by atoms with Crippen molar-refractivity contribution >= 4 is 16.7 Å². The van der Waals surface area contributed by atoms with Crippen molar-refractivity contribution in [2.75, 3.05) is 0 Å². The van der Waals surface area contributed by atoms with Crippen LogP contribution in [0.3, 0.4) is 0 Å². The summed E-state index contributed by atoms with van der Waals surface area (Å²) >= 11 is 0. The van der Waals surface area contributed by atoms with Gasteiger partial charge in [0.05, 0.1) is 0 Å². The molecule has 1 fully saturated rings. The lowest BCUT2D eigenvalue weighted by molar-refractivity contribution is -0.124. The van der Waals surface area contributed by atoms with Crippen LogP contribution in [0.5, 0.6) is 0 Å². The van der Waals surface area contributed by atoms with Gasteiger partial charge in [-0.15, -0.1) is 0 Å². The van der Waals surface area contributed by atoms with Gasteiger partial charge in [-0.05, 0) is 48.9 Å². The van der Waals surface area contributed by atoms with E-state index in [9.17, 15) is 4.79 Å². The standard InChI is InChI=1S/C17H21NO/c1-2-12-7-8-16-15(9-12)14(11-18-16)10-13-5-3-4-6-17(13)19/h7-9,11,13,18H,2-6,10H2,1H3. The van der Waals surface area contributed by atoms with Gasteiger partial charge in [-0.2, -0.15) is 0 Å². The molecule has 1 aliphatic rings. The van der Waals surface area contributed by atoms with Gasteiger partial charge in [0.1, 0.15) is 5.78 Å². The van der Waals surface area contributed by atoms with Gasteiger partial charge in [0, 0.05) is 29.4 Å². The van der Waals surface area contributed by atoms with Crippen LogP contribution in [0, 0.1) is 5.92 Å². The number of hydrogen-bond acceptors (Lipinski definition) is 1. The van der Waals surface area contributed by atoms with E-state index in [0.29, 0.717) is 5.78 Å². The molecule has 100 valence electrons. The Morgan fingerprint density at radius 3 is 3.00 bits per heavy atom. The number of carbonyl (C=O) groups is 1. The molecule has 0 radical (unpaired) electrons. The van der Waals surface area contributed by atoms with Crippen molar-refractivity contribution in [2.45, 2.75) is 45.4 Å². The summed E-state index contributed by atoms with van der Waals surface area (Å²) < 4.78 is 0. The van der Waals surface area contributed by atoms with E-state index in [2.05, 4.69) is 36.3 Å². The minimum absolute atomic E-state index is 0.248. The van der Waals surface area contributed by atoms with Gasteiger partial charge in [-0.25, -0.2) is 0 Å². The molecule has 3 rings (SSSR count). The van der Waals surface area contributed by atoms with Crippen LogP contribution in [-0.2, 0) is 17.6 Å². The van der Waals surface area contributed by atoms with Crippen LogP contribution in [0.4, 0.5) is 0 Å². The third-order valence-electron chi connectivity index (χ3n) is 4.39. The quantitative estimate of drug-likeness (QED) is 0.882.